The van der Waals surface area contributed by atoms with Gasteiger partial charge in [-0.1, -0.05) is 6.07 Å². The number of nitro groups is 1. The molecule has 3 aromatic rings. The van der Waals surface area contributed by atoms with Crippen LogP contribution in [0.2, 0.25) is 0 Å². The van der Waals surface area contributed by atoms with Crippen LogP contribution in [-0.2, 0) is 10.1 Å². The van der Waals surface area contributed by atoms with E-state index in [9.17, 15) is 28.4 Å². The van der Waals surface area contributed by atoms with Crippen LogP contribution in [0.25, 0.3) is 0 Å². The first-order valence-corrected chi connectivity index (χ1v) is 10.1. The van der Waals surface area contributed by atoms with Crippen molar-refractivity contribution < 1.29 is 27.4 Å². The molecule has 0 fully saturated rings. The van der Waals surface area contributed by atoms with Crippen LogP contribution in [-0.4, -0.2) is 30.6 Å². The molecule has 11 heteroatoms. The third kappa shape index (κ3) is 5.64. The van der Waals surface area contributed by atoms with E-state index >= 15 is 0 Å². The number of amides is 1. The van der Waals surface area contributed by atoms with E-state index < -0.39 is 20.9 Å². The summed E-state index contributed by atoms with van der Waals surface area (Å²) in [7, 11) is -4.16. The first kappa shape index (κ1) is 21.5. The SMILES string of the molecule is O=C(N/N=C/c1ccc(OS(=O)(=O)c2ccc([N+](=O)[O-])cc2)cc1)c1cccc(O)c1. The van der Waals surface area contributed by atoms with Crippen LogP contribution >= 0.6 is 0 Å². The molecule has 0 atom stereocenters. The van der Waals surface area contributed by atoms with Crippen molar-refractivity contribution in [2.45, 2.75) is 4.90 Å². The molecule has 0 saturated carbocycles. The number of benzene rings is 3. The van der Waals surface area contributed by atoms with Gasteiger partial charge in [-0.15, -0.1) is 0 Å². The minimum atomic E-state index is -4.16. The van der Waals surface area contributed by atoms with Crippen molar-refractivity contribution in [1.29, 1.82) is 0 Å². The standard InChI is InChI=1S/C20H15N3O7S/c24-17-3-1-2-15(12-17)20(25)22-21-13-14-4-8-18(9-5-14)30-31(28,29)19-10-6-16(7-11-19)23(26)27/h1-13,24H,(H,22,25)/b21-13+. The monoisotopic (exact) mass is 441 g/mol. The molecule has 0 aliphatic heterocycles. The molecule has 0 spiro atoms. The molecule has 0 saturated heterocycles. The van der Waals surface area contributed by atoms with E-state index in [1.807, 2.05) is 0 Å². The number of carbonyl (C=O) groups is 1. The third-order valence-electron chi connectivity index (χ3n) is 3.91. The Labute approximate surface area is 176 Å². The molecule has 2 N–H and O–H groups in total. The van der Waals surface area contributed by atoms with Crippen LogP contribution in [0.4, 0.5) is 5.69 Å². The largest absolute Gasteiger partial charge is 0.508 e. The van der Waals surface area contributed by atoms with Gasteiger partial charge < -0.3 is 9.29 Å². The number of nitro benzene ring substituents is 1. The van der Waals surface area contributed by atoms with Gasteiger partial charge in [-0.05, 0) is 60.2 Å². The topological polar surface area (TPSA) is 148 Å². The summed E-state index contributed by atoms with van der Waals surface area (Å²) in [4.78, 5) is 21.7. The molecule has 0 aliphatic carbocycles. The Bertz CT molecular complexity index is 1240. The lowest BCUT2D eigenvalue weighted by Gasteiger charge is -2.07. The summed E-state index contributed by atoms with van der Waals surface area (Å²) < 4.78 is 29.6. The van der Waals surface area contributed by atoms with Crippen LogP contribution in [0.5, 0.6) is 11.5 Å². The van der Waals surface area contributed by atoms with Gasteiger partial charge in [0.15, 0.2) is 0 Å². The second kappa shape index (κ2) is 9.05. The highest BCUT2D eigenvalue weighted by molar-refractivity contribution is 7.87. The molecule has 0 bridgehead atoms. The van der Waals surface area contributed by atoms with Crippen molar-refractivity contribution in [1.82, 2.24) is 5.43 Å². The number of carbonyl (C=O) groups excluding carboxylic acids is 1. The normalized spacial score (nSPS) is 11.2. The Morgan fingerprint density at radius 2 is 1.74 bits per heavy atom. The van der Waals surface area contributed by atoms with Crippen molar-refractivity contribution in [3.05, 3.63) is 94.0 Å². The Hall–Kier alpha value is -4.25. The summed E-state index contributed by atoms with van der Waals surface area (Å²) in [5.41, 5.74) is 2.85. The lowest BCUT2D eigenvalue weighted by atomic mass is 10.2. The van der Waals surface area contributed by atoms with Gasteiger partial charge in [-0.25, -0.2) is 5.43 Å². The van der Waals surface area contributed by atoms with Gasteiger partial charge in [0.2, 0.25) is 0 Å². The summed E-state index contributed by atoms with van der Waals surface area (Å²) in [6.07, 6.45) is 1.34. The molecule has 0 aliphatic rings. The predicted octanol–water partition coefficient (Wildman–Crippen LogP) is 2.83. The van der Waals surface area contributed by atoms with E-state index in [1.54, 1.807) is 0 Å². The second-order valence-electron chi connectivity index (χ2n) is 6.11. The average molecular weight is 441 g/mol. The number of hydrogen-bond donors (Lipinski definition) is 2. The first-order valence-electron chi connectivity index (χ1n) is 8.66. The van der Waals surface area contributed by atoms with Crippen molar-refractivity contribution in [2.24, 2.45) is 5.10 Å². The summed E-state index contributed by atoms with van der Waals surface area (Å²) >= 11 is 0. The number of aromatic hydroxyl groups is 1. The highest BCUT2D eigenvalue weighted by Gasteiger charge is 2.18. The van der Waals surface area contributed by atoms with E-state index in [2.05, 4.69) is 10.5 Å². The second-order valence-corrected chi connectivity index (χ2v) is 7.65. The molecule has 0 unspecified atom stereocenters. The molecule has 3 rings (SSSR count). The van der Waals surface area contributed by atoms with E-state index in [4.69, 9.17) is 4.18 Å². The van der Waals surface area contributed by atoms with Crippen LogP contribution < -0.4 is 9.61 Å². The molecule has 1 amide bonds. The fraction of sp³-hybridized carbons (Fsp3) is 0. The maximum atomic E-state index is 12.3. The molecule has 31 heavy (non-hydrogen) atoms. The van der Waals surface area contributed by atoms with Gasteiger partial charge in [0.1, 0.15) is 16.4 Å². The number of phenols is 1. The molecule has 0 aromatic heterocycles. The fourth-order valence-corrected chi connectivity index (χ4v) is 3.33. The van der Waals surface area contributed by atoms with Crippen molar-refractivity contribution in [3.63, 3.8) is 0 Å². The summed E-state index contributed by atoms with van der Waals surface area (Å²) in [5, 5.41) is 23.8. The van der Waals surface area contributed by atoms with E-state index in [0.717, 1.165) is 24.3 Å². The van der Waals surface area contributed by atoms with Crippen LogP contribution in [0.3, 0.4) is 0 Å². The number of non-ortho nitro benzene ring substituents is 1. The number of hydrazone groups is 1. The van der Waals surface area contributed by atoms with Gasteiger partial charge in [-0.2, -0.15) is 13.5 Å². The molecular formula is C20H15N3O7S. The summed E-state index contributed by atoms with van der Waals surface area (Å²) in [5.74, 6) is -0.531. The van der Waals surface area contributed by atoms with E-state index in [-0.39, 0.29) is 27.6 Å². The van der Waals surface area contributed by atoms with E-state index in [0.29, 0.717) is 5.56 Å². The van der Waals surface area contributed by atoms with Crippen molar-refractivity contribution in [2.75, 3.05) is 0 Å². The van der Waals surface area contributed by atoms with Crippen molar-refractivity contribution in [3.8, 4) is 11.5 Å². The van der Waals surface area contributed by atoms with Gasteiger partial charge in [0.05, 0.1) is 11.1 Å². The number of rotatable bonds is 7. The summed E-state index contributed by atoms with van der Waals surface area (Å²) in [6.45, 7) is 0. The number of phenolic OH excluding ortho intramolecular Hbond substituents is 1. The van der Waals surface area contributed by atoms with Crippen LogP contribution in [0, 0.1) is 10.1 Å². The maximum absolute atomic E-state index is 12.3. The zero-order valence-corrected chi connectivity index (χ0v) is 16.5. The third-order valence-corrected chi connectivity index (χ3v) is 5.17. The molecule has 0 heterocycles. The molecule has 158 valence electrons. The van der Waals surface area contributed by atoms with E-state index in [1.165, 1.54) is 54.7 Å². The minimum Gasteiger partial charge on any atom is -0.508 e. The van der Waals surface area contributed by atoms with Gasteiger partial charge in [0, 0.05) is 17.7 Å². The Morgan fingerprint density at radius 1 is 1.06 bits per heavy atom. The number of nitrogens with one attached hydrogen (secondary N) is 1. The maximum Gasteiger partial charge on any atom is 0.339 e. The zero-order valence-electron chi connectivity index (χ0n) is 15.7. The molecule has 10 nitrogen and oxygen atoms in total. The lowest BCUT2D eigenvalue weighted by Crippen LogP contribution is -2.17. The molecular weight excluding hydrogens is 426 g/mol. The number of hydrogen-bond acceptors (Lipinski definition) is 8. The molecule has 3 aromatic carbocycles. The minimum absolute atomic E-state index is 0.0271. The van der Waals surface area contributed by atoms with Crippen molar-refractivity contribution >= 4 is 27.9 Å². The summed E-state index contributed by atoms with van der Waals surface area (Å²) in [6, 6.07) is 15.9. The Morgan fingerprint density at radius 3 is 2.35 bits per heavy atom. The number of nitrogens with zero attached hydrogens (tertiary/aromatic N) is 2. The fourth-order valence-electron chi connectivity index (χ4n) is 2.40. The molecule has 0 radical (unpaired) electrons. The van der Waals surface area contributed by atoms with Gasteiger partial charge >= 0.3 is 10.1 Å². The zero-order chi connectivity index (χ0) is 22.4. The quantitative estimate of drug-likeness (QED) is 0.248. The van der Waals surface area contributed by atoms with Crippen LogP contribution in [0.15, 0.2) is 82.8 Å². The highest BCUT2D eigenvalue weighted by Crippen LogP contribution is 2.21. The van der Waals surface area contributed by atoms with Crippen LogP contribution in [0.1, 0.15) is 15.9 Å². The van der Waals surface area contributed by atoms with Gasteiger partial charge in [-0.3, -0.25) is 14.9 Å². The van der Waals surface area contributed by atoms with Gasteiger partial charge in [0.25, 0.3) is 11.6 Å². The Kier molecular flexibility index (Phi) is 6.26. The average Bonchev–Trinajstić information content (AvgIpc) is 2.75. The lowest BCUT2D eigenvalue weighted by molar-refractivity contribution is -0.384. The highest BCUT2D eigenvalue weighted by atomic mass is 32.2. The Balaban J connectivity index is 1.62. The first-order chi connectivity index (χ1) is 14.7. The smallest absolute Gasteiger partial charge is 0.339 e. The predicted molar refractivity (Wildman–Crippen MR) is 111 cm³/mol.